The van der Waals surface area contributed by atoms with Gasteiger partial charge in [0.05, 0.1) is 5.54 Å². The number of aromatic hydroxyl groups is 1. The van der Waals surface area contributed by atoms with Crippen LogP contribution in [0.2, 0.25) is 0 Å². The van der Waals surface area contributed by atoms with Gasteiger partial charge in [0, 0.05) is 54.0 Å². The van der Waals surface area contributed by atoms with Crippen LogP contribution in [0.4, 0.5) is 0 Å². The fraction of sp³-hybridized carbons (Fsp3) is 0.214. The van der Waals surface area contributed by atoms with Crippen molar-refractivity contribution in [1.82, 2.24) is 4.98 Å². The Morgan fingerprint density at radius 2 is 1.68 bits per heavy atom. The summed E-state index contributed by atoms with van der Waals surface area (Å²) in [5, 5.41) is 12.3. The Balaban J connectivity index is 0.00000241. The number of para-hydroxylation sites is 1. The fourth-order valence-electron chi connectivity index (χ4n) is 5.24. The average molecular weight is 647 g/mol. The van der Waals surface area contributed by atoms with E-state index in [-0.39, 0.29) is 37.8 Å². The van der Waals surface area contributed by atoms with Gasteiger partial charge in [-0.1, -0.05) is 56.3 Å². The minimum atomic E-state index is -0.262. The number of hydrogen-bond acceptors (Lipinski definition) is 5. The molecule has 0 saturated carbocycles. The first-order valence-electron chi connectivity index (χ1n) is 11.0. The molecule has 1 aromatic heterocycles. The molecule has 174 valence electrons. The topological polar surface area (TPSA) is 54.7 Å². The van der Waals surface area contributed by atoms with Crippen LogP contribution in [0, 0.1) is 6.07 Å². The number of ether oxygens (including phenoxy) is 1. The molecule has 1 N–H and O–H groups in total. The molecule has 2 aliphatic rings. The van der Waals surface area contributed by atoms with E-state index >= 15 is 0 Å². The van der Waals surface area contributed by atoms with Crippen molar-refractivity contribution < 1.29 is 30.9 Å². The van der Waals surface area contributed by atoms with Gasteiger partial charge < -0.3 is 14.8 Å². The Bertz CT molecular complexity index is 1450. The number of phenolic OH excluding ortho intramolecular Hbond substituents is 1. The molecule has 4 nitrogen and oxygen atoms in total. The van der Waals surface area contributed by atoms with Gasteiger partial charge in [0.15, 0.2) is 0 Å². The molecule has 6 rings (SSSR count). The third kappa shape index (κ3) is 3.49. The average Bonchev–Trinajstić information content (AvgIpc) is 3.26. The van der Waals surface area contributed by atoms with E-state index in [0.717, 1.165) is 16.0 Å². The Hall–Kier alpha value is -2.62. The number of fused-ring (bicyclic) bond motifs is 4. The quantitative estimate of drug-likeness (QED) is 0.255. The van der Waals surface area contributed by atoms with Crippen molar-refractivity contribution in [3.8, 4) is 17.4 Å². The second kappa shape index (κ2) is 8.25. The molecule has 4 aromatic rings. The van der Waals surface area contributed by atoms with E-state index in [2.05, 4.69) is 56.1 Å². The number of pyridine rings is 1. The molecule has 2 atom stereocenters. The van der Waals surface area contributed by atoms with E-state index in [9.17, 15) is 5.11 Å². The molecular formula is C28H23N2O2PtS-. The molecule has 6 heteroatoms. The summed E-state index contributed by atoms with van der Waals surface area (Å²) in [7, 11) is 0. The predicted molar refractivity (Wildman–Crippen MR) is 133 cm³/mol. The van der Waals surface area contributed by atoms with Crippen LogP contribution in [0.3, 0.4) is 0 Å². The van der Waals surface area contributed by atoms with Crippen molar-refractivity contribution in [2.45, 2.75) is 37.0 Å². The van der Waals surface area contributed by atoms with E-state index in [1.165, 1.54) is 11.1 Å². The summed E-state index contributed by atoms with van der Waals surface area (Å²) in [6.07, 6.45) is 0. The molecule has 0 unspecified atom stereocenters. The van der Waals surface area contributed by atoms with E-state index in [1.807, 2.05) is 42.1 Å². The number of hydrogen-bond donors (Lipinski definition) is 1. The van der Waals surface area contributed by atoms with E-state index in [1.54, 1.807) is 18.2 Å². The van der Waals surface area contributed by atoms with Gasteiger partial charge in [0.25, 0.3) is 0 Å². The molecule has 0 radical (unpaired) electrons. The number of phenols is 1. The second-order valence-corrected chi connectivity index (χ2v) is 10.5. The van der Waals surface area contributed by atoms with Gasteiger partial charge in [-0.15, -0.1) is 23.8 Å². The molecule has 0 amide bonds. The molecule has 0 saturated heterocycles. The zero-order valence-electron chi connectivity index (χ0n) is 19.0. The van der Waals surface area contributed by atoms with Crippen LogP contribution in [0.25, 0.3) is 10.9 Å². The smallest absolute Gasteiger partial charge is 0.217 e. The minimum Gasteiger partial charge on any atom is -0.506 e. The first-order chi connectivity index (χ1) is 15.9. The second-order valence-electron chi connectivity index (χ2n) is 9.36. The van der Waals surface area contributed by atoms with Crippen LogP contribution in [0.5, 0.6) is 17.4 Å². The van der Waals surface area contributed by atoms with E-state index in [4.69, 9.17) is 9.73 Å². The van der Waals surface area contributed by atoms with Crippen LogP contribution < -0.4 is 4.74 Å². The number of rotatable bonds is 3. The summed E-state index contributed by atoms with van der Waals surface area (Å²) >= 11 is 1.83. The van der Waals surface area contributed by atoms with Crippen molar-refractivity contribution in [2.75, 3.05) is 0 Å². The maximum absolute atomic E-state index is 10.1. The third-order valence-corrected chi connectivity index (χ3v) is 8.60. The summed E-state index contributed by atoms with van der Waals surface area (Å²) in [6, 6.07) is 26.9. The van der Waals surface area contributed by atoms with Crippen molar-refractivity contribution in [3.63, 3.8) is 0 Å². The third-order valence-electron chi connectivity index (χ3n) is 6.78. The number of thioether (sulfide) groups is 1. The molecular weight excluding hydrogens is 623 g/mol. The van der Waals surface area contributed by atoms with Gasteiger partial charge in [-0.05, 0) is 30.2 Å². The number of aliphatic imine (C=N–C) groups is 1. The number of benzene rings is 3. The number of nitrogens with zero attached hydrogens (tertiary/aromatic N) is 2. The van der Waals surface area contributed by atoms with Gasteiger partial charge in [-0.2, -0.15) is 11.8 Å². The normalized spacial score (nSPS) is 22.0. The molecule has 34 heavy (non-hydrogen) atoms. The van der Waals surface area contributed by atoms with Gasteiger partial charge >= 0.3 is 0 Å². The molecule has 0 bridgehead atoms. The van der Waals surface area contributed by atoms with Gasteiger partial charge in [0.1, 0.15) is 11.3 Å². The zero-order chi connectivity index (χ0) is 22.8. The summed E-state index contributed by atoms with van der Waals surface area (Å²) in [5.74, 6) is 1.12. The SMILES string of the molecule is CC1(C)c2ccccc2[C@]2(C)N=C(c3[c-]c(Oc4ccc5cccc(O)c5n4)ccc3)S[C@H]12.[Pt]. The maximum Gasteiger partial charge on any atom is 0.217 e. The van der Waals surface area contributed by atoms with Crippen LogP contribution in [0.15, 0.2) is 77.8 Å². The monoisotopic (exact) mass is 646 g/mol. The van der Waals surface area contributed by atoms with Crippen molar-refractivity contribution in [1.29, 1.82) is 0 Å². The molecule has 3 aromatic carbocycles. The molecule has 2 heterocycles. The standard InChI is InChI=1S/C28H23N2O2S.Pt/c1-27(2)20-11-4-5-12-21(20)28(3)26(27)33-25(30-28)18-9-6-10-19(16-18)32-23-15-14-17-8-7-13-22(31)24(17)29-23;/h4-15,26,31H,1-3H3;/q-1;/t26-,28+;/m1./s1. The first kappa shape index (κ1) is 23.1. The van der Waals surface area contributed by atoms with Gasteiger partial charge in [0.2, 0.25) is 5.88 Å². The van der Waals surface area contributed by atoms with Crippen molar-refractivity contribution in [2.24, 2.45) is 4.99 Å². The Labute approximate surface area is 217 Å². The summed E-state index contributed by atoms with van der Waals surface area (Å²) < 4.78 is 6.02. The fourth-order valence-corrected chi connectivity index (χ4v) is 6.78. The molecule has 1 aliphatic heterocycles. The molecule has 0 fully saturated rings. The first-order valence-corrected chi connectivity index (χ1v) is 11.9. The molecule has 1 aliphatic carbocycles. The van der Waals surface area contributed by atoms with E-state index in [0.29, 0.717) is 22.4 Å². The minimum absolute atomic E-state index is 0. The largest absolute Gasteiger partial charge is 0.506 e. The Kier molecular flexibility index (Phi) is 5.61. The van der Waals surface area contributed by atoms with Crippen LogP contribution in [0.1, 0.15) is 37.5 Å². The van der Waals surface area contributed by atoms with Crippen molar-refractivity contribution in [3.05, 3.63) is 95.6 Å². The number of aromatic nitrogens is 1. The van der Waals surface area contributed by atoms with E-state index < -0.39 is 0 Å². The zero-order valence-corrected chi connectivity index (χ0v) is 22.1. The maximum atomic E-state index is 10.1. The summed E-state index contributed by atoms with van der Waals surface area (Å²) in [4.78, 5) is 9.71. The van der Waals surface area contributed by atoms with Crippen LogP contribution >= 0.6 is 11.8 Å². The summed E-state index contributed by atoms with van der Waals surface area (Å²) in [5.41, 5.74) is 3.90. The molecule has 0 spiro atoms. The Morgan fingerprint density at radius 1 is 0.912 bits per heavy atom. The Morgan fingerprint density at radius 3 is 2.50 bits per heavy atom. The summed E-state index contributed by atoms with van der Waals surface area (Å²) in [6.45, 7) is 6.88. The van der Waals surface area contributed by atoms with Crippen LogP contribution in [-0.4, -0.2) is 20.4 Å². The van der Waals surface area contributed by atoms with Gasteiger partial charge in [-0.25, -0.2) is 4.98 Å². The van der Waals surface area contributed by atoms with Crippen molar-refractivity contribution >= 4 is 27.7 Å². The van der Waals surface area contributed by atoms with Crippen LogP contribution in [-0.2, 0) is 32.0 Å². The predicted octanol–water partition coefficient (Wildman–Crippen LogP) is 6.60. The van der Waals surface area contributed by atoms with Gasteiger partial charge in [-0.3, -0.25) is 0 Å².